The summed E-state index contributed by atoms with van der Waals surface area (Å²) >= 11 is 5.88. The molecule has 0 aliphatic rings. The van der Waals surface area contributed by atoms with E-state index in [4.69, 9.17) is 22.1 Å². The van der Waals surface area contributed by atoms with Crippen LogP contribution in [0, 0.1) is 0 Å². The number of nitrogen functional groups attached to an aromatic ring is 1. The Balaban J connectivity index is 1.52. The molecule has 0 fully saturated rings. The Bertz CT molecular complexity index is 1030. The normalized spacial score (nSPS) is 10.0. The lowest BCUT2D eigenvalue weighted by molar-refractivity contribution is -0.122. The van der Waals surface area contributed by atoms with Crippen molar-refractivity contribution in [2.75, 3.05) is 23.2 Å². The van der Waals surface area contributed by atoms with Gasteiger partial charge in [-0.25, -0.2) is 9.97 Å². The molecule has 1 heterocycles. The number of para-hydroxylation sites is 1. The van der Waals surface area contributed by atoms with Gasteiger partial charge in [0.1, 0.15) is 17.8 Å². The highest BCUT2D eigenvalue weighted by Gasteiger charge is 2.11. The topological polar surface area (TPSA) is 143 Å². The van der Waals surface area contributed by atoms with Crippen LogP contribution in [0.1, 0.15) is 10.4 Å². The average molecular weight is 428 g/mol. The van der Waals surface area contributed by atoms with Gasteiger partial charge in [0.2, 0.25) is 0 Å². The average Bonchev–Trinajstić information content (AvgIpc) is 2.76. The number of nitrogens with one attached hydrogen (secondary N) is 4. The second-order valence-corrected chi connectivity index (χ2v) is 6.29. The van der Waals surface area contributed by atoms with Crippen molar-refractivity contribution in [3.8, 4) is 5.75 Å². The van der Waals surface area contributed by atoms with Gasteiger partial charge in [-0.05, 0) is 30.3 Å². The van der Waals surface area contributed by atoms with Gasteiger partial charge in [0.05, 0.1) is 0 Å². The lowest BCUT2D eigenvalue weighted by Crippen LogP contribution is -2.34. The van der Waals surface area contributed by atoms with E-state index in [1.165, 1.54) is 12.4 Å². The van der Waals surface area contributed by atoms with Crippen molar-refractivity contribution in [2.45, 2.75) is 0 Å². The number of benzene rings is 2. The van der Waals surface area contributed by atoms with Crippen LogP contribution in [-0.2, 0) is 4.79 Å². The molecule has 10 nitrogen and oxygen atoms in total. The van der Waals surface area contributed by atoms with Crippen LogP contribution in [-0.4, -0.2) is 28.4 Å². The summed E-state index contributed by atoms with van der Waals surface area (Å²) in [7, 11) is 0. The number of nitrogens with two attached hydrogens (primary N) is 1. The molecule has 0 bridgehead atoms. The van der Waals surface area contributed by atoms with E-state index in [9.17, 15) is 9.59 Å². The van der Waals surface area contributed by atoms with E-state index < -0.39 is 11.8 Å². The van der Waals surface area contributed by atoms with Crippen molar-refractivity contribution < 1.29 is 14.3 Å². The molecule has 0 saturated carbocycles. The van der Waals surface area contributed by atoms with E-state index in [0.29, 0.717) is 16.3 Å². The minimum atomic E-state index is -0.444. The summed E-state index contributed by atoms with van der Waals surface area (Å²) in [5.74, 6) is -0.0385. The summed E-state index contributed by atoms with van der Waals surface area (Å²) in [5.41, 5.74) is 16.5. The molecule has 30 heavy (non-hydrogen) atoms. The number of ether oxygens (including phenoxy) is 1. The van der Waals surface area contributed by atoms with Crippen molar-refractivity contribution >= 4 is 40.7 Å². The lowest BCUT2D eigenvalue weighted by Gasteiger charge is -2.14. The summed E-state index contributed by atoms with van der Waals surface area (Å²) in [6.07, 6.45) is 1.21. The van der Waals surface area contributed by atoms with E-state index in [-0.39, 0.29) is 23.9 Å². The summed E-state index contributed by atoms with van der Waals surface area (Å²) in [6.45, 7) is -0.206. The smallest absolute Gasteiger partial charge is 0.276 e. The van der Waals surface area contributed by atoms with Crippen molar-refractivity contribution in [3.63, 3.8) is 0 Å². The van der Waals surface area contributed by atoms with Crippen LogP contribution in [0.2, 0.25) is 5.02 Å². The lowest BCUT2D eigenvalue weighted by atomic mass is 10.2. The first-order chi connectivity index (χ1) is 14.5. The quantitative estimate of drug-likeness (QED) is 0.343. The standard InChI is InChI=1S/C19H18ClN7O3/c20-13-6-4-5-12(9-13)19(29)27-26-18-16(21)17(22-11-23-18)25-24-15(28)10-30-14-7-2-1-3-8-14/h1-9,11H,10,21H2,(H,24,28)(H,27,29)(H2,22,23,25,26). The van der Waals surface area contributed by atoms with Crippen molar-refractivity contribution in [1.29, 1.82) is 0 Å². The molecule has 0 aliphatic carbocycles. The summed E-state index contributed by atoms with van der Waals surface area (Å²) in [6, 6.07) is 15.3. The Morgan fingerprint density at radius 1 is 0.967 bits per heavy atom. The third-order valence-electron chi connectivity index (χ3n) is 3.70. The molecule has 2 amide bonds. The zero-order valence-corrected chi connectivity index (χ0v) is 16.3. The molecule has 0 aliphatic heterocycles. The van der Waals surface area contributed by atoms with E-state index >= 15 is 0 Å². The molecular formula is C19H18ClN7O3. The highest BCUT2D eigenvalue weighted by atomic mass is 35.5. The number of carbonyl (C=O) groups is 2. The minimum absolute atomic E-state index is 0.0770. The fraction of sp³-hybridized carbons (Fsp3) is 0.0526. The van der Waals surface area contributed by atoms with Crippen molar-refractivity contribution in [1.82, 2.24) is 20.8 Å². The van der Waals surface area contributed by atoms with Gasteiger partial charge in [-0.2, -0.15) is 0 Å². The Kier molecular flexibility index (Phi) is 6.85. The summed E-state index contributed by atoms with van der Waals surface area (Å²) in [5, 5.41) is 0.433. The van der Waals surface area contributed by atoms with Crippen molar-refractivity contribution in [3.05, 3.63) is 71.5 Å². The zero-order valence-electron chi connectivity index (χ0n) is 15.6. The number of nitrogens with zero attached hydrogens (tertiary/aromatic N) is 2. The van der Waals surface area contributed by atoms with Gasteiger partial charge in [-0.3, -0.25) is 31.3 Å². The first-order valence-corrected chi connectivity index (χ1v) is 9.06. The highest BCUT2D eigenvalue weighted by Crippen LogP contribution is 2.21. The maximum absolute atomic E-state index is 12.2. The number of carbonyl (C=O) groups excluding carboxylic acids is 2. The van der Waals surface area contributed by atoms with Gasteiger partial charge < -0.3 is 10.5 Å². The van der Waals surface area contributed by atoms with Gasteiger partial charge in [-0.15, -0.1) is 0 Å². The van der Waals surface area contributed by atoms with Crippen LogP contribution in [0.3, 0.4) is 0 Å². The molecule has 0 atom stereocenters. The number of hydrogen-bond acceptors (Lipinski definition) is 8. The zero-order chi connectivity index (χ0) is 21.3. The molecule has 11 heteroatoms. The largest absolute Gasteiger partial charge is 0.484 e. The highest BCUT2D eigenvalue weighted by molar-refractivity contribution is 6.30. The Morgan fingerprint density at radius 2 is 1.67 bits per heavy atom. The van der Waals surface area contributed by atoms with Gasteiger partial charge in [-0.1, -0.05) is 35.9 Å². The molecule has 0 unspecified atom stereocenters. The number of aromatic nitrogens is 2. The van der Waals surface area contributed by atoms with Crippen LogP contribution in [0.25, 0.3) is 0 Å². The fourth-order valence-corrected chi connectivity index (χ4v) is 2.43. The SMILES string of the molecule is Nc1c(NNC(=O)COc2ccccc2)ncnc1NNC(=O)c1cccc(Cl)c1. The number of hydrogen-bond donors (Lipinski definition) is 5. The first kappa shape index (κ1) is 20.7. The predicted molar refractivity (Wildman–Crippen MR) is 113 cm³/mol. The third-order valence-corrected chi connectivity index (χ3v) is 3.93. The van der Waals surface area contributed by atoms with Gasteiger partial charge in [0.25, 0.3) is 11.8 Å². The molecule has 3 aromatic rings. The Morgan fingerprint density at radius 3 is 2.37 bits per heavy atom. The van der Waals surface area contributed by atoms with Gasteiger partial charge >= 0.3 is 0 Å². The molecular weight excluding hydrogens is 410 g/mol. The molecule has 1 aromatic heterocycles. The maximum atomic E-state index is 12.2. The fourth-order valence-electron chi connectivity index (χ4n) is 2.24. The number of halogens is 1. The number of rotatable bonds is 8. The van der Waals surface area contributed by atoms with Crippen LogP contribution in [0.4, 0.5) is 17.3 Å². The second kappa shape index (κ2) is 9.94. The second-order valence-electron chi connectivity index (χ2n) is 5.85. The number of amides is 2. The molecule has 0 spiro atoms. The Labute approximate surface area is 176 Å². The molecule has 0 radical (unpaired) electrons. The summed E-state index contributed by atoms with van der Waals surface area (Å²) < 4.78 is 5.34. The monoisotopic (exact) mass is 427 g/mol. The van der Waals surface area contributed by atoms with E-state index in [2.05, 4.69) is 31.7 Å². The molecule has 3 rings (SSSR count). The minimum Gasteiger partial charge on any atom is -0.484 e. The Hall–Kier alpha value is -4.05. The van der Waals surface area contributed by atoms with E-state index in [1.807, 2.05) is 6.07 Å². The molecule has 0 saturated heterocycles. The third kappa shape index (κ3) is 5.72. The van der Waals surface area contributed by atoms with E-state index in [0.717, 1.165) is 0 Å². The number of anilines is 3. The van der Waals surface area contributed by atoms with Gasteiger partial charge in [0.15, 0.2) is 18.2 Å². The van der Waals surface area contributed by atoms with Gasteiger partial charge in [0, 0.05) is 10.6 Å². The number of hydrazine groups is 2. The molecule has 6 N–H and O–H groups in total. The van der Waals surface area contributed by atoms with Crippen LogP contribution < -0.4 is 32.2 Å². The van der Waals surface area contributed by atoms with Crippen molar-refractivity contribution in [2.24, 2.45) is 0 Å². The maximum Gasteiger partial charge on any atom is 0.276 e. The first-order valence-electron chi connectivity index (χ1n) is 8.68. The summed E-state index contributed by atoms with van der Waals surface area (Å²) in [4.78, 5) is 32.0. The molecule has 2 aromatic carbocycles. The van der Waals surface area contributed by atoms with E-state index in [1.54, 1.807) is 42.5 Å². The molecule has 154 valence electrons. The predicted octanol–water partition coefficient (Wildman–Crippen LogP) is 1.99. The van der Waals surface area contributed by atoms with Crippen LogP contribution in [0.15, 0.2) is 60.9 Å². The van der Waals surface area contributed by atoms with Crippen LogP contribution in [0.5, 0.6) is 5.75 Å². The van der Waals surface area contributed by atoms with Crippen LogP contribution >= 0.6 is 11.6 Å².